The molecule has 0 saturated carbocycles. The van der Waals surface area contributed by atoms with Crippen molar-refractivity contribution in [3.63, 3.8) is 0 Å². The number of carbonyl (C=O) groups is 1. The number of esters is 1. The maximum absolute atomic E-state index is 12.3. The van der Waals surface area contributed by atoms with Gasteiger partial charge in [0, 0.05) is 32.6 Å². The maximum atomic E-state index is 12.3. The molecule has 0 saturated heterocycles. The van der Waals surface area contributed by atoms with Crippen molar-refractivity contribution in [1.29, 1.82) is 0 Å². The summed E-state index contributed by atoms with van der Waals surface area (Å²) in [7, 11) is 0. The number of nitrogens with zero attached hydrogens (tertiary/aromatic N) is 1. The SMILES string of the molecule is CCOC(=O)c1nc(C)c2c3cscc3c3cscc3c2c1C. The van der Waals surface area contributed by atoms with Gasteiger partial charge < -0.3 is 4.74 Å². The van der Waals surface area contributed by atoms with E-state index in [-0.39, 0.29) is 5.97 Å². The van der Waals surface area contributed by atoms with Crippen LogP contribution in [-0.4, -0.2) is 17.6 Å². The summed E-state index contributed by atoms with van der Waals surface area (Å²) in [5.41, 5.74) is 2.21. The van der Waals surface area contributed by atoms with Gasteiger partial charge in [0.25, 0.3) is 0 Å². The molecule has 23 heavy (non-hydrogen) atoms. The number of thiophene rings is 2. The van der Waals surface area contributed by atoms with Crippen molar-refractivity contribution in [3.05, 3.63) is 38.5 Å². The minimum Gasteiger partial charge on any atom is -0.461 e. The van der Waals surface area contributed by atoms with Crippen LogP contribution in [0.3, 0.4) is 0 Å². The number of aromatic nitrogens is 1. The van der Waals surface area contributed by atoms with Crippen molar-refractivity contribution in [3.8, 4) is 0 Å². The van der Waals surface area contributed by atoms with E-state index in [1.807, 2.05) is 20.8 Å². The predicted octanol–water partition coefficient (Wildman–Crippen LogP) is 5.46. The van der Waals surface area contributed by atoms with Gasteiger partial charge in [-0.25, -0.2) is 9.78 Å². The molecule has 0 bridgehead atoms. The Bertz CT molecular complexity index is 1080. The zero-order valence-corrected chi connectivity index (χ0v) is 14.7. The molecule has 0 spiro atoms. The second kappa shape index (κ2) is 5.28. The van der Waals surface area contributed by atoms with Gasteiger partial charge in [0.2, 0.25) is 0 Å². The van der Waals surface area contributed by atoms with Gasteiger partial charge in [-0.15, -0.1) is 0 Å². The average Bonchev–Trinajstić information content (AvgIpc) is 3.17. The summed E-state index contributed by atoms with van der Waals surface area (Å²) in [5.74, 6) is -0.344. The Morgan fingerprint density at radius 1 is 1.00 bits per heavy atom. The lowest BCUT2D eigenvalue weighted by Gasteiger charge is -2.13. The molecule has 0 atom stereocenters. The van der Waals surface area contributed by atoms with E-state index in [0.29, 0.717) is 12.3 Å². The van der Waals surface area contributed by atoms with Crippen LogP contribution in [0.5, 0.6) is 0 Å². The third-order valence-corrected chi connectivity index (χ3v) is 5.73. The molecular weight excluding hydrogens is 326 g/mol. The van der Waals surface area contributed by atoms with E-state index in [0.717, 1.165) is 22.0 Å². The molecule has 0 aliphatic rings. The van der Waals surface area contributed by atoms with Crippen LogP contribution >= 0.6 is 22.7 Å². The summed E-state index contributed by atoms with van der Waals surface area (Å²) >= 11 is 3.40. The van der Waals surface area contributed by atoms with Crippen LogP contribution in [0.1, 0.15) is 28.7 Å². The second-order valence-corrected chi connectivity index (χ2v) is 7.03. The Labute approximate surface area is 141 Å². The van der Waals surface area contributed by atoms with E-state index >= 15 is 0 Å². The number of benzene rings is 1. The summed E-state index contributed by atoms with van der Waals surface area (Å²) in [6.07, 6.45) is 0. The lowest BCUT2D eigenvalue weighted by atomic mass is 9.95. The number of aryl methyl sites for hydroxylation is 2. The molecule has 0 aliphatic carbocycles. The summed E-state index contributed by atoms with van der Waals surface area (Å²) in [6, 6.07) is 0. The Balaban J connectivity index is 2.23. The fourth-order valence-corrected chi connectivity index (χ4v) is 4.94. The molecule has 0 radical (unpaired) electrons. The van der Waals surface area contributed by atoms with E-state index in [1.165, 1.54) is 21.5 Å². The summed E-state index contributed by atoms with van der Waals surface area (Å²) < 4.78 is 5.18. The molecule has 0 fully saturated rings. The zero-order chi connectivity index (χ0) is 16.1. The molecule has 0 amide bonds. The van der Waals surface area contributed by atoms with Crippen molar-refractivity contribution < 1.29 is 9.53 Å². The van der Waals surface area contributed by atoms with Crippen LogP contribution in [-0.2, 0) is 4.74 Å². The van der Waals surface area contributed by atoms with Crippen molar-refractivity contribution in [2.45, 2.75) is 20.8 Å². The molecule has 0 unspecified atom stereocenters. The Morgan fingerprint density at radius 3 is 2.17 bits per heavy atom. The molecule has 5 heteroatoms. The number of ether oxygens (including phenoxy) is 1. The van der Waals surface area contributed by atoms with Gasteiger partial charge in [0.15, 0.2) is 5.69 Å². The maximum Gasteiger partial charge on any atom is 0.357 e. The smallest absolute Gasteiger partial charge is 0.357 e. The highest BCUT2D eigenvalue weighted by Gasteiger charge is 2.20. The first-order chi connectivity index (χ1) is 11.1. The zero-order valence-electron chi connectivity index (χ0n) is 13.1. The van der Waals surface area contributed by atoms with E-state index < -0.39 is 0 Å². The fourth-order valence-electron chi connectivity index (χ4n) is 3.26. The molecule has 3 nitrogen and oxygen atoms in total. The predicted molar refractivity (Wildman–Crippen MR) is 97.9 cm³/mol. The third-order valence-electron chi connectivity index (χ3n) is 4.24. The number of pyridine rings is 1. The van der Waals surface area contributed by atoms with Gasteiger partial charge in [-0.1, -0.05) is 0 Å². The fraction of sp³-hybridized carbons (Fsp3) is 0.222. The largest absolute Gasteiger partial charge is 0.461 e. The van der Waals surface area contributed by atoms with Crippen LogP contribution in [0, 0.1) is 13.8 Å². The van der Waals surface area contributed by atoms with Crippen LogP contribution in [0.15, 0.2) is 21.5 Å². The van der Waals surface area contributed by atoms with Crippen LogP contribution < -0.4 is 0 Å². The van der Waals surface area contributed by atoms with Crippen molar-refractivity contribution in [1.82, 2.24) is 4.98 Å². The standard InChI is InChI=1S/C18H15NO2S2/c1-4-21-18(20)17-9(2)15-13-7-22-5-11(13)12-6-23-8-14(12)16(15)10(3)19-17/h5-8H,4H2,1-3H3. The third kappa shape index (κ3) is 2.00. The number of hydrogen-bond acceptors (Lipinski definition) is 5. The average molecular weight is 341 g/mol. The van der Waals surface area contributed by atoms with Crippen molar-refractivity contribution in [2.75, 3.05) is 6.61 Å². The molecule has 3 aromatic heterocycles. The van der Waals surface area contributed by atoms with Crippen LogP contribution in [0.2, 0.25) is 0 Å². The highest BCUT2D eigenvalue weighted by Crippen LogP contribution is 2.41. The van der Waals surface area contributed by atoms with Gasteiger partial charge in [0.05, 0.1) is 6.61 Å². The van der Waals surface area contributed by atoms with Gasteiger partial charge in [0.1, 0.15) is 0 Å². The molecule has 116 valence electrons. The van der Waals surface area contributed by atoms with Gasteiger partial charge in [-0.05, 0) is 53.2 Å². The van der Waals surface area contributed by atoms with E-state index in [1.54, 1.807) is 22.7 Å². The quantitative estimate of drug-likeness (QED) is 0.455. The number of hydrogen-bond donors (Lipinski definition) is 0. The first-order valence-corrected chi connectivity index (χ1v) is 9.33. The van der Waals surface area contributed by atoms with E-state index in [9.17, 15) is 4.79 Å². The number of carbonyl (C=O) groups excluding carboxylic acids is 1. The topological polar surface area (TPSA) is 39.2 Å². The molecule has 0 aliphatic heterocycles. The summed E-state index contributed by atoms with van der Waals surface area (Å²) in [6.45, 7) is 6.11. The highest BCUT2D eigenvalue weighted by atomic mass is 32.1. The molecule has 4 rings (SSSR count). The second-order valence-electron chi connectivity index (χ2n) is 5.54. The number of rotatable bonds is 2. The minimum absolute atomic E-state index is 0.344. The highest BCUT2D eigenvalue weighted by molar-refractivity contribution is 7.11. The van der Waals surface area contributed by atoms with Gasteiger partial charge in [-0.2, -0.15) is 22.7 Å². The Hall–Kier alpha value is -1.98. The van der Waals surface area contributed by atoms with Crippen LogP contribution in [0.25, 0.3) is 32.3 Å². The monoisotopic (exact) mass is 341 g/mol. The summed E-state index contributed by atoms with van der Waals surface area (Å²) in [4.78, 5) is 16.8. The molecular formula is C18H15NO2S2. The molecule has 3 heterocycles. The van der Waals surface area contributed by atoms with E-state index in [4.69, 9.17) is 4.74 Å². The number of fused-ring (bicyclic) bond motifs is 6. The van der Waals surface area contributed by atoms with Crippen molar-refractivity contribution >= 4 is 61.0 Å². The van der Waals surface area contributed by atoms with Crippen LogP contribution in [0.4, 0.5) is 0 Å². The van der Waals surface area contributed by atoms with Gasteiger partial charge in [-0.3, -0.25) is 0 Å². The minimum atomic E-state index is -0.344. The van der Waals surface area contributed by atoms with Gasteiger partial charge >= 0.3 is 5.97 Å². The first kappa shape index (κ1) is 14.6. The lowest BCUT2D eigenvalue weighted by molar-refractivity contribution is 0.0518. The first-order valence-electron chi connectivity index (χ1n) is 7.45. The van der Waals surface area contributed by atoms with E-state index in [2.05, 4.69) is 26.5 Å². The Morgan fingerprint density at radius 2 is 1.57 bits per heavy atom. The molecule has 1 aromatic carbocycles. The lowest BCUT2D eigenvalue weighted by Crippen LogP contribution is -2.10. The Kier molecular flexibility index (Phi) is 3.36. The molecule has 0 N–H and O–H groups in total. The summed E-state index contributed by atoms with van der Waals surface area (Å²) in [5, 5.41) is 15.9. The molecule has 4 aromatic rings. The van der Waals surface area contributed by atoms with Crippen molar-refractivity contribution in [2.24, 2.45) is 0 Å². The normalized spacial score (nSPS) is 11.6.